The Balaban J connectivity index is 1.53. The van der Waals surface area contributed by atoms with Crippen molar-refractivity contribution in [2.45, 2.75) is 6.92 Å². The third kappa shape index (κ3) is 5.74. The average Bonchev–Trinajstić information content (AvgIpc) is 2.89. The summed E-state index contributed by atoms with van der Waals surface area (Å²) >= 11 is 0. The number of nitrogens with one attached hydrogen (secondary N) is 2. The summed E-state index contributed by atoms with van der Waals surface area (Å²) in [6.07, 6.45) is 1.34. The van der Waals surface area contributed by atoms with Crippen molar-refractivity contribution in [3.8, 4) is 11.5 Å². The highest BCUT2D eigenvalue weighted by Crippen LogP contribution is 2.27. The van der Waals surface area contributed by atoms with Gasteiger partial charge in [-0.25, -0.2) is 10.2 Å². The number of amides is 2. The molecule has 0 aliphatic rings. The smallest absolute Gasteiger partial charge is 0.343 e. The number of ether oxygens (including phenoxy) is 2. The van der Waals surface area contributed by atoms with Crippen LogP contribution in [0.15, 0.2) is 90.0 Å². The number of anilines is 1. The molecule has 0 aromatic heterocycles. The zero-order valence-corrected chi connectivity index (χ0v) is 19.6. The van der Waals surface area contributed by atoms with Crippen LogP contribution in [0.2, 0.25) is 0 Å². The predicted molar refractivity (Wildman–Crippen MR) is 137 cm³/mol. The Morgan fingerprint density at radius 2 is 1.64 bits per heavy atom. The molecule has 2 amide bonds. The van der Waals surface area contributed by atoms with Crippen LogP contribution in [0.1, 0.15) is 21.5 Å². The van der Waals surface area contributed by atoms with Gasteiger partial charge >= 0.3 is 17.8 Å². The Bertz CT molecular complexity index is 1460. The Labute approximate surface area is 207 Å². The van der Waals surface area contributed by atoms with Gasteiger partial charge in [0.25, 0.3) is 0 Å². The van der Waals surface area contributed by atoms with Crippen molar-refractivity contribution in [1.82, 2.24) is 5.43 Å². The number of hydrazone groups is 1. The van der Waals surface area contributed by atoms with Gasteiger partial charge < -0.3 is 14.8 Å². The minimum Gasteiger partial charge on any atom is -0.497 e. The van der Waals surface area contributed by atoms with Gasteiger partial charge in [0.1, 0.15) is 11.5 Å². The molecule has 4 aromatic carbocycles. The number of esters is 1. The number of benzene rings is 4. The normalized spacial score (nSPS) is 10.7. The number of hydrogen-bond donors (Lipinski definition) is 2. The molecule has 2 N–H and O–H groups in total. The fourth-order valence-corrected chi connectivity index (χ4v) is 3.50. The van der Waals surface area contributed by atoms with Crippen LogP contribution in [0.3, 0.4) is 0 Å². The number of rotatable bonds is 6. The second kappa shape index (κ2) is 11.0. The zero-order chi connectivity index (χ0) is 25.5. The van der Waals surface area contributed by atoms with Crippen LogP contribution in [-0.4, -0.2) is 31.1 Å². The van der Waals surface area contributed by atoms with Gasteiger partial charge in [-0.1, -0.05) is 42.5 Å². The number of methoxy groups -OCH3 is 1. The van der Waals surface area contributed by atoms with E-state index in [1.54, 1.807) is 55.6 Å². The van der Waals surface area contributed by atoms with Crippen molar-refractivity contribution >= 4 is 40.5 Å². The lowest BCUT2D eigenvalue weighted by atomic mass is 10.0. The average molecular weight is 482 g/mol. The van der Waals surface area contributed by atoms with Crippen LogP contribution in [0, 0.1) is 6.92 Å². The van der Waals surface area contributed by atoms with E-state index in [0.717, 1.165) is 16.3 Å². The first-order chi connectivity index (χ1) is 17.4. The first-order valence-corrected chi connectivity index (χ1v) is 11.0. The van der Waals surface area contributed by atoms with Gasteiger partial charge in [-0.05, 0) is 65.7 Å². The lowest BCUT2D eigenvalue weighted by Crippen LogP contribution is -2.32. The van der Waals surface area contributed by atoms with Crippen molar-refractivity contribution < 1.29 is 23.9 Å². The molecule has 8 nitrogen and oxygen atoms in total. The van der Waals surface area contributed by atoms with E-state index in [1.807, 2.05) is 43.3 Å². The molecule has 4 aromatic rings. The van der Waals surface area contributed by atoms with Gasteiger partial charge in [-0.2, -0.15) is 5.10 Å². The van der Waals surface area contributed by atoms with Crippen LogP contribution >= 0.6 is 0 Å². The molecule has 0 aliphatic carbocycles. The first kappa shape index (κ1) is 24.2. The highest BCUT2D eigenvalue weighted by Gasteiger charge is 2.15. The summed E-state index contributed by atoms with van der Waals surface area (Å²) in [4.78, 5) is 37.2. The maximum absolute atomic E-state index is 12.7. The quantitative estimate of drug-likeness (QED) is 0.139. The van der Waals surface area contributed by atoms with Crippen LogP contribution in [-0.2, 0) is 9.59 Å². The number of carbonyl (C=O) groups excluding carboxylic acids is 3. The number of hydrogen-bond acceptors (Lipinski definition) is 6. The standard InChI is InChI=1S/C28H23N3O5/c1-18-6-5-8-21(16-18)30-26(32)27(33)31-29-17-24-23-9-4-3-7-19(23)12-15-25(24)36-28(34)20-10-13-22(35-2)14-11-20/h3-17H,1-2H3,(H,30,32)(H,31,33)/b29-17+. The molecule has 0 fully saturated rings. The molecule has 0 atom stereocenters. The number of carbonyl (C=O) groups is 3. The van der Waals surface area contributed by atoms with Gasteiger partial charge in [-0.15, -0.1) is 0 Å². The third-order valence-corrected chi connectivity index (χ3v) is 5.30. The molecule has 0 saturated carbocycles. The second-order valence-corrected chi connectivity index (χ2v) is 7.84. The van der Waals surface area contributed by atoms with Crippen LogP contribution in [0.4, 0.5) is 5.69 Å². The molecule has 0 heterocycles. The Hall–Kier alpha value is -4.98. The minimum atomic E-state index is -0.940. The van der Waals surface area contributed by atoms with Crippen molar-refractivity contribution in [3.63, 3.8) is 0 Å². The fourth-order valence-electron chi connectivity index (χ4n) is 3.50. The molecule has 0 spiro atoms. The second-order valence-electron chi connectivity index (χ2n) is 7.84. The van der Waals surface area contributed by atoms with Gasteiger partial charge in [0, 0.05) is 11.3 Å². The molecule has 0 bridgehead atoms. The van der Waals surface area contributed by atoms with Crippen LogP contribution in [0.25, 0.3) is 10.8 Å². The van der Waals surface area contributed by atoms with Crippen LogP contribution < -0.4 is 20.2 Å². The summed E-state index contributed by atoms with van der Waals surface area (Å²) in [6, 6.07) is 24.5. The molecule has 36 heavy (non-hydrogen) atoms. The maximum atomic E-state index is 12.7. The van der Waals surface area contributed by atoms with Crippen molar-refractivity contribution in [2.75, 3.05) is 12.4 Å². The number of aryl methyl sites for hydroxylation is 1. The molecule has 0 saturated heterocycles. The molecular weight excluding hydrogens is 458 g/mol. The fraction of sp³-hybridized carbons (Fsp3) is 0.0714. The van der Waals surface area contributed by atoms with E-state index >= 15 is 0 Å². The Kier molecular flexibility index (Phi) is 7.36. The summed E-state index contributed by atoms with van der Waals surface area (Å²) in [6.45, 7) is 1.88. The first-order valence-electron chi connectivity index (χ1n) is 11.0. The molecule has 180 valence electrons. The Morgan fingerprint density at radius 1 is 0.861 bits per heavy atom. The summed E-state index contributed by atoms with van der Waals surface area (Å²) in [7, 11) is 1.54. The molecular formula is C28H23N3O5. The predicted octanol–water partition coefficient (Wildman–Crippen LogP) is 4.46. The minimum absolute atomic E-state index is 0.247. The lowest BCUT2D eigenvalue weighted by Gasteiger charge is -2.11. The van der Waals surface area contributed by atoms with Crippen LogP contribution in [0.5, 0.6) is 11.5 Å². The summed E-state index contributed by atoms with van der Waals surface area (Å²) in [5.74, 6) is -1.50. The lowest BCUT2D eigenvalue weighted by molar-refractivity contribution is -0.136. The Morgan fingerprint density at radius 3 is 2.39 bits per heavy atom. The van der Waals surface area contributed by atoms with Gasteiger partial charge in [0.05, 0.1) is 18.9 Å². The van der Waals surface area contributed by atoms with Crippen molar-refractivity contribution in [1.29, 1.82) is 0 Å². The molecule has 0 radical (unpaired) electrons. The monoisotopic (exact) mass is 481 g/mol. The zero-order valence-electron chi connectivity index (χ0n) is 19.6. The van der Waals surface area contributed by atoms with E-state index in [-0.39, 0.29) is 5.75 Å². The van der Waals surface area contributed by atoms with E-state index in [1.165, 1.54) is 6.21 Å². The largest absolute Gasteiger partial charge is 0.497 e. The summed E-state index contributed by atoms with van der Waals surface area (Å²) in [5, 5.41) is 8.09. The molecule has 0 aliphatic heterocycles. The van der Waals surface area contributed by atoms with E-state index in [4.69, 9.17) is 9.47 Å². The topological polar surface area (TPSA) is 106 Å². The number of fused-ring (bicyclic) bond motifs is 1. The van der Waals surface area contributed by atoms with E-state index < -0.39 is 17.8 Å². The SMILES string of the molecule is COc1ccc(C(=O)Oc2ccc3ccccc3c2/C=N/NC(=O)C(=O)Nc2cccc(C)c2)cc1. The number of nitrogens with zero attached hydrogens (tertiary/aromatic N) is 1. The third-order valence-electron chi connectivity index (χ3n) is 5.30. The maximum Gasteiger partial charge on any atom is 0.343 e. The highest BCUT2D eigenvalue weighted by molar-refractivity contribution is 6.39. The van der Waals surface area contributed by atoms with E-state index in [2.05, 4.69) is 15.8 Å². The molecule has 4 rings (SSSR count). The highest BCUT2D eigenvalue weighted by atomic mass is 16.5. The van der Waals surface area contributed by atoms with E-state index in [9.17, 15) is 14.4 Å². The molecule has 8 heteroatoms. The van der Waals surface area contributed by atoms with Gasteiger partial charge in [0.2, 0.25) is 0 Å². The van der Waals surface area contributed by atoms with E-state index in [0.29, 0.717) is 22.6 Å². The molecule has 0 unspecified atom stereocenters. The summed E-state index contributed by atoms with van der Waals surface area (Å²) in [5.41, 5.74) is 4.47. The van der Waals surface area contributed by atoms with Gasteiger partial charge in [-0.3, -0.25) is 9.59 Å². The van der Waals surface area contributed by atoms with Gasteiger partial charge in [0.15, 0.2) is 0 Å². The van der Waals surface area contributed by atoms with Crippen molar-refractivity contribution in [3.05, 3.63) is 102 Å². The van der Waals surface area contributed by atoms with Crippen molar-refractivity contribution in [2.24, 2.45) is 5.10 Å². The summed E-state index contributed by atoms with van der Waals surface area (Å²) < 4.78 is 10.8.